The number of carboxylic acid groups (broad SMARTS) is 1. The predicted molar refractivity (Wildman–Crippen MR) is 75.1 cm³/mol. The number of carbonyl (C=O) groups is 1. The highest BCUT2D eigenvalue weighted by Crippen LogP contribution is 2.41. The summed E-state index contributed by atoms with van der Waals surface area (Å²) in [6.45, 7) is 3.42. The van der Waals surface area contributed by atoms with E-state index in [0.29, 0.717) is 12.5 Å². The van der Waals surface area contributed by atoms with Crippen molar-refractivity contribution >= 4 is 5.97 Å². The molecule has 110 valence electrons. The molecule has 0 aliphatic heterocycles. The Labute approximate surface area is 116 Å². The minimum absolute atomic E-state index is 0.430. The molecular formula is C16H28O3. The van der Waals surface area contributed by atoms with E-state index in [2.05, 4.69) is 6.92 Å². The van der Waals surface area contributed by atoms with E-state index in [9.17, 15) is 9.90 Å². The van der Waals surface area contributed by atoms with Crippen LogP contribution in [0.15, 0.2) is 0 Å². The van der Waals surface area contributed by atoms with Crippen molar-refractivity contribution in [3.05, 3.63) is 0 Å². The second kappa shape index (κ2) is 6.74. The molecule has 0 heterocycles. The molecule has 0 aromatic heterocycles. The average Bonchev–Trinajstić information content (AvgIpc) is 3.22. The van der Waals surface area contributed by atoms with Gasteiger partial charge in [-0.1, -0.05) is 26.2 Å². The number of hydrogen-bond donors (Lipinski definition) is 1. The van der Waals surface area contributed by atoms with Crippen molar-refractivity contribution in [2.75, 3.05) is 13.2 Å². The van der Waals surface area contributed by atoms with Crippen molar-refractivity contribution in [2.45, 2.75) is 64.7 Å². The Balaban J connectivity index is 1.78. The smallest absolute Gasteiger partial charge is 0.311 e. The first kappa shape index (κ1) is 14.8. The molecular weight excluding hydrogens is 240 g/mol. The lowest BCUT2D eigenvalue weighted by molar-refractivity contribution is -0.156. The van der Waals surface area contributed by atoms with Gasteiger partial charge in [0.25, 0.3) is 0 Å². The third-order valence-electron chi connectivity index (χ3n) is 4.91. The number of hydrogen-bond acceptors (Lipinski definition) is 2. The van der Waals surface area contributed by atoms with Crippen LogP contribution >= 0.6 is 0 Å². The van der Waals surface area contributed by atoms with E-state index in [1.807, 2.05) is 0 Å². The Morgan fingerprint density at radius 2 is 1.89 bits per heavy atom. The monoisotopic (exact) mass is 268 g/mol. The Bertz CT molecular complexity index is 288. The van der Waals surface area contributed by atoms with Crippen LogP contribution in [-0.4, -0.2) is 24.3 Å². The molecule has 3 nitrogen and oxygen atoms in total. The lowest BCUT2D eigenvalue weighted by atomic mass is 9.70. The van der Waals surface area contributed by atoms with Gasteiger partial charge in [-0.3, -0.25) is 4.79 Å². The fourth-order valence-corrected chi connectivity index (χ4v) is 3.14. The molecule has 0 aromatic rings. The highest BCUT2D eigenvalue weighted by atomic mass is 16.5. The number of ether oxygens (including phenoxy) is 1. The average molecular weight is 268 g/mol. The van der Waals surface area contributed by atoms with Gasteiger partial charge in [0.2, 0.25) is 0 Å². The number of aliphatic carboxylic acids is 1. The summed E-state index contributed by atoms with van der Waals surface area (Å²) >= 11 is 0. The molecule has 2 rings (SSSR count). The molecule has 2 aliphatic rings. The quantitative estimate of drug-likeness (QED) is 0.727. The fourth-order valence-electron chi connectivity index (χ4n) is 3.14. The second-order valence-corrected chi connectivity index (χ2v) is 6.63. The van der Waals surface area contributed by atoms with Crippen molar-refractivity contribution in [1.82, 2.24) is 0 Å². The molecule has 3 heteroatoms. The molecule has 0 aromatic carbocycles. The molecule has 2 aliphatic carbocycles. The molecule has 0 atom stereocenters. The zero-order valence-corrected chi connectivity index (χ0v) is 12.2. The van der Waals surface area contributed by atoms with Crippen molar-refractivity contribution in [1.29, 1.82) is 0 Å². The Morgan fingerprint density at radius 1 is 1.21 bits per heavy atom. The van der Waals surface area contributed by atoms with Crippen LogP contribution in [0.2, 0.25) is 0 Å². The lowest BCUT2D eigenvalue weighted by Gasteiger charge is -2.36. The van der Waals surface area contributed by atoms with Gasteiger partial charge in [0, 0.05) is 6.61 Å². The zero-order valence-electron chi connectivity index (χ0n) is 12.2. The zero-order chi connectivity index (χ0) is 13.7. The highest BCUT2D eigenvalue weighted by molar-refractivity contribution is 5.74. The Hall–Kier alpha value is -0.570. The van der Waals surface area contributed by atoms with Crippen LogP contribution in [0, 0.1) is 17.3 Å². The molecule has 0 amide bonds. The minimum Gasteiger partial charge on any atom is -0.481 e. The van der Waals surface area contributed by atoms with Crippen molar-refractivity contribution in [2.24, 2.45) is 17.3 Å². The standard InChI is InChI=1S/C16H28O3/c1-2-3-4-13-7-9-16(10-8-13,15(17)18)12-19-11-14-5-6-14/h13-14H,2-12H2,1H3,(H,17,18). The maximum Gasteiger partial charge on any atom is 0.311 e. The SMILES string of the molecule is CCCCC1CCC(COCC2CC2)(C(=O)O)CC1. The number of unbranched alkanes of at least 4 members (excludes halogenated alkanes) is 1. The molecule has 0 spiro atoms. The summed E-state index contributed by atoms with van der Waals surface area (Å²) < 4.78 is 5.70. The van der Waals surface area contributed by atoms with E-state index in [1.54, 1.807) is 0 Å². The van der Waals surface area contributed by atoms with Gasteiger partial charge in [-0.25, -0.2) is 0 Å². The molecule has 0 saturated heterocycles. The molecule has 0 unspecified atom stereocenters. The first-order valence-electron chi connectivity index (χ1n) is 7.97. The third kappa shape index (κ3) is 4.20. The van der Waals surface area contributed by atoms with Crippen LogP contribution in [-0.2, 0) is 9.53 Å². The van der Waals surface area contributed by atoms with Crippen molar-refractivity contribution < 1.29 is 14.6 Å². The second-order valence-electron chi connectivity index (χ2n) is 6.63. The summed E-state index contributed by atoms with van der Waals surface area (Å²) in [5, 5.41) is 9.55. The maximum atomic E-state index is 11.6. The molecule has 19 heavy (non-hydrogen) atoms. The first-order valence-corrected chi connectivity index (χ1v) is 7.97. The summed E-state index contributed by atoms with van der Waals surface area (Å²) in [4.78, 5) is 11.6. The van der Waals surface area contributed by atoms with E-state index in [1.165, 1.54) is 32.1 Å². The number of rotatable bonds is 8. The fraction of sp³-hybridized carbons (Fsp3) is 0.938. The molecule has 0 bridgehead atoms. The van der Waals surface area contributed by atoms with Gasteiger partial charge in [-0.05, 0) is 50.4 Å². The van der Waals surface area contributed by atoms with Crippen LogP contribution in [0.3, 0.4) is 0 Å². The van der Waals surface area contributed by atoms with E-state index >= 15 is 0 Å². The molecule has 1 N–H and O–H groups in total. The predicted octanol–water partition coefficient (Wildman–Crippen LogP) is 3.86. The van der Waals surface area contributed by atoms with Gasteiger partial charge in [0.1, 0.15) is 0 Å². The summed E-state index contributed by atoms with van der Waals surface area (Å²) in [7, 11) is 0. The number of carboxylic acids is 1. The van der Waals surface area contributed by atoms with E-state index < -0.39 is 11.4 Å². The van der Waals surface area contributed by atoms with Gasteiger partial charge in [-0.2, -0.15) is 0 Å². The Morgan fingerprint density at radius 3 is 2.42 bits per heavy atom. The summed E-state index contributed by atoms with van der Waals surface area (Å²) in [5.41, 5.74) is -0.586. The summed E-state index contributed by atoms with van der Waals surface area (Å²) in [6, 6.07) is 0. The van der Waals surface area contributed by atoms with Crippen molar-refractivity contribution in [3.63, 3.8) is 0 Å². The highest BCUT2D eigenvalue weighted by Gasteiger charge is 2.42. The molecule has 2 saturated carbocycles. The van der Waals surface area contributed by atoms with Crippen LogP contribution in [0.25, 0.3) is 0 Å². The summed E-state index contributed by atoms with van der Waals surface area (Å²) in [5.74, 6) is 0.819. The van der Waals surface area contributed by atoms with Crippen LogP contribution in [0.5, 0.6) is 0 Å². The largest absolute Gasteiger partial charge is 0.481 e. The Kier molecular flexibility index (Phi) is 5.26. The van der Waals surface area contributed by atoms with Gasteiger partial charge >= 0.3 is 5.97 Å². The van der Waals surface area contributed by atoms with Crippen molar-refractivity contribution in [3.8, 4) is 0 Å². The molecule has 2 fully saturated rings. The van der Waals surface area contributed by atoms with Crippen LogP contribution in [0.1, 0.15) is 64.7 Å². The van der Waals surface area contributed by atoms with Gasteiger partial charge in [0.05, 0.1) is 12.0 Å². The molecule has 0 radical (unpaired) electrons. The van der Waals surface area contributed by atoms with Gasteiger partial charge in [-0.15, -0.1) is 0 Å². The lowest BCUT2D eigenvalue weighted by Crippen LogP contribution is -2.39. The topological polar surface area (TPSA) is 46.5 Å². The van der Waals surface area contributed by atoms with E-state index in [4.69, 9.17) is 4.74 Å². The van der Waals surface area contributed by atoms with Crippen LogP contribution in [0.4, 0.5) is 0 Å². The summed E-state index contributed by atoms with van der Waals surface area (Å²) in [6.07, 6.45) is 10.1. The van der Waals surface area contributed by atoms with E-state index in [0.717, 1.165) is 38.2 Å². The first-order chi connectivity index (χ1) is 9.16. The third-order valence-corrected chi connectivity index (χ3v) is 4.91. The van der Waals surface area contributed by atoms with E-state index in [-0.39, 0.29) is 0 Å². The minimum atomic E-state index is -0.641. The van der Waals surface area contributed by atoms with Crippen LogP contribution < -0.4 is 0 Å². The maximum absolute atomic E-state index is 11.6. The van der Waals surface area contributed by atoms with Gasteiger partial charge < -0.3 is 9.84 Å². The van der Waals surface area contributed by atoms with Gasteiger partial charge in [0.15, 0.2) is 0 Å². The normalized spacial score (nSPS) is 31.3.